The van der Waals surface area contributed by atoms with Gasteiger partial charge in [0.2, 0.25) is 5.91 Å². The van der Waals surface area contributed by atoms with Gasteiger partial charge in [-0.3, -0.25) is 14.8 Å². The normalized spacial score (nSPS) is 21.6. The van der Waals surface area contributed by atoms with E-state index in [1.807, 2.05) is 6.08 Å². The molecule has 0 radical (unpaired) electrons. The smallest absolute Gasteiger partial charge is 0.401 e. The minimum atomic E-state index is -4.57. The molecule has 7 nitrogen and oxygen atoms in total. The van der Waals surface area contributed by atoms with Gasteiger partial charge in [-0.05, 0) is 49.8 Å². The fraction of sp³-hybridized carbons (Fsp3) is 0.419. The summed E-state index contributed by atoms with van der Waals surface area (Å²) in [6.45, 7) is 1.55. The summed E-state index contributed by atoms with van der Waals surface area (Å²) in [6, 6.07) is 3.42. The topological polar surface area (TPSA) is 73.5 Å². The second-order valence-electron chi connectivity index (χ2n) is 11.6. The van der Waals surface area contributed by atoms with Crippen LogP contribution >= 0.6 is 0 Å². The maximum absolute atomic E-state index is 15.8. The summed E-state index contributed by atoms with van der Waals surface area (Å²) in [5.41, 5.74) is 0.997. The number of aromatic amines is 1. The third-order valence-electron chi connectivity index (χ3n) is 8.48. The van der Waals surface area contributed by atoms with Gasteiger partial charge in [-0.2, -0.15) is 18.3 Å². The van der Waals surface area contributed by atoms with Crippen molar-refractivity contribution in [2.75, 3.05) is 26.2 Å². The molecule has 0 saturated heterocycles. The van der Waals surface area contributed by atoms with E-state index in [2.05, 4.69) is 15.5 Å². The number of H-pyrrole nitrogens is 1. The van der Waals surface area contributed by atoms with Crippen LogP contribution in [0.2, 0.25) is 0 Å². The summed E-state index contributed by atoms with van der Waals surface area (Å²) < 4.78 is 78.4. The average Bonchev–Trinajstić information content (AvgIpc) is 3.30. The van der Waals surface area contributed by atoms with Crippen molar-refractivity contribution in [3.63, 3.8) is 0 Å². The van der Waals surface area contributed by atoms with Crippen LogP contribution in [0, 0.1) is 11.6 Å². The van der Waals surface area contributed by atoms with Gasteiger partial charge in [0.1, 0.15) is 24.0 Å². The second kappa shape index (κ2) is 11.4. The molecule has 3 aromatic rings. The second-order valence-corrected chi connectivity index (χ2v) is 11.6. The summed E-state index contributed by atoms with van der Waals surface area (Å²) in [7, 11) is 0. The quantitative estimate of drug-likeness (QED) is 0.249. The molecule has 0 unspecified atom stereocenters. The van der Waals surface area contributed by atoms with Crippen LogP contribution in [0.25, 0.3) is 10.9 Å². The first-order chi connectivity index (χ1) is 20.5. The Morgan fingerprint density at radius 1 is 1.23 bits per heavy atom. The number of hydrogen-bond acceptors (Lipinski definition) is 5. The lowest BCUT2D eigenvalue weighted by Crippen LogP contribution is -2.47. The molecule has 2 N–H and O–H groups in total. The minimum Gasteiger partial charge on any atom is -0.491 e. The monoisotopic (exact) mass is 601 g/mol. The Morgan fingerprint density at radius 3 is 2.67 bits per heavy atom. The van der Waals surface area contributed by atoms with Crippen molar-refractivity contribution in [1.29, 1.82) is 0 Å². The van der Waals surface area contributed by atoms with E-state index in [4.69, 9.17) is 4.74 Å². The molecule has 3 aliphatic rings. The summed E-state index contributed by atoms with van der Waals surface area (Å²) >= 11 is 0. The van der Waals surface area contributed by atoms with Crippen LogP contribution in [0.1, 0.15) is 48.9 Å². The van der Waals surface area contributed by atoms with Crippen molar-refractivity contribution in [2.45, 2.75) is 56.4 Å². The van der Waals surface area contributed by atoms with Crippen LogP contribution < -0.4 is 10.1 Å². The van der Waals surface area contributed by atoms with Crippen molar-refractivity contribution in [1.82, 2.24) is 25.3 Å². The zero-order chi connectivity index (χ0) is 30.4. The zero-order valence-corrected chi connectivity index (χ0v) is 23.6. The lowest BCUT2D eigenvalue weighted by atomic mass is 9.83. The molecule has 6 rings (SSSR count). The number of amides is 1. The molecular formula is C31H32F5N5O2. The van der Waals surface area contributed by atoms with Crippen LogP contribution in [-0.2, 0) is 11.2 Å². The van der Waals surface area contributed by atoms with Crippen molar-refractivity contribution >= 4 is 16.8 Å². The fourth-order valence-corrected chi connectivity index (χ4v) is 6.05. The van der Waals surface area contributed by atoms with Gasteiger partial charge in [-0.15, -0.1) is 0 Å². The van der Waals surface area contributed by atoms with E-state index >= 15 is 8.78 Å². The number of fused-ring (bicyclic) bond motifs is 3. The molecule has 228 valence electrons. The molecule has 2 atom stereocenters. The standard InChI is InChI=1S/C31H32F5N5O2/c1-19-13-22-21(6-7-26-23(22)16-38-39-26)29(41(19)17-31(34,35)36)28-24(32)14-20(15-25(28)33)43-18-30(8-9-30)37-10-4-5-27(42)40-11-2-3-12-40/h2,4-7,11,14-16,19,29,37H,3,8-10,12-13,17-18H2,1H3,(H,38,39)/b5-4+/t19-,29+/m1/s1. The van der Waals surface area contributed by atoms with Gasteiger partial charge >= 0.3 is 6.18 Å². The highest BCUT2D eigenvalue weighted by molar-refractivity contribution is 5.88. The molecule has 1 aliphatic carbocycles. The number of rotatable bonds is 9. The van der Waals surface area contributed by atoms with E-state index in [1.54, 1.807) is 42.4 Å². The summed E-state index contributed by atoms with van der Waals surface area (Å²) in [5.74, 6) is -2.10. The third-order valence-corrected chi connectivity index (χ3v) is 8.48. The Labute approximate surface area is 245 Å². The summed E-state index contributed by atoms with van der Waals surface area (Å²) in [5, 5.41) is 10.9. The Bertz CT molecular complexity index is 1560. The van der Waals surface area contributed by atoms with Crippen molar-refractivity contribution in [3.05, 3.63) is 83.2 Å². The molecule has 3 heterocycles. The van der Waals surface area contributed by atoms with E-state index in [-0.39, 0.29) is 30.2 Å². The predicted octanol–water partition coefficient (Wildman–Crippen LogP) is 5.54. The molecule has 43 heavy (non-hydrogen) atoms. The SMILES string of the molecule is C[C@@H]1Cc2c(ccc3[nH]ncc23)[C@@H](c2c(F)cc(OCC3(NC/C=C/C(=O)N4C=CCC4)CC3)cc2F)N1CC(F)(F)F. The highest BCUT2D eigenvalue weighted by Gasteiger charge is 2.44. The van der Waals surface area contributed by atoms with Crippen molar-refractivity contribution < 1.29 is 31.5 Å². The Balaban J connectivity index is 1.20. The highest BCUT2D eigenvalue weighted by atomic mass is 19.4. The summed E-state index contributed by atoms with van der Waals surface area (Å²) in [6.07, 6.45) is 6.65. The van der Waals surface area contributed by atoms with Gasteiger partial charge in [-0.1, -0.05) is 18.2 Å². The summed E-state index contributed by atoms with van der Waals surface area (Å²) in [4.78, 5) is 14.9. The Kier molecular flexibility index (Phi) is 7.76. The Hall–Kier alpha value is -3.77. The number of alkyl halides is 3. The van der Waals surface area contributed by atoms with E-state index in [1.165, 1.54) is 6.08 Å². The first-order valence-electron chi connectivity index (χ1n) is 14.3. The van der Waals surface area contributed by atoms with Crippen LogP contribution in [0.3, 0.4) is 0 Å². The largest absolute Gasteiger partial charge is 0.491 e. The average molecular weight is 602 g/mol. The molecule has 1 fully saturated rings. The van der Waals surface area contributed by atoms with Crippen LogP contribution in [-0.4, -0.2) is 69.9 Å². The fourth-order valence-electron chi connectivity index (χ4n) is 6.05. The van der Waals surface area contributed by atoms with Gasteiger partial charge in [0.05, 0.1) is 29.8 Å². The first kappa shape index (κ1) is 29.3. The number of hydrogen-bond donors (Lipinski definition) is 2. The van der Waals surface area contributed by atoms with E-state index < -0.39 is 42.0 Å². The lowest BCUT2D eigenvalue weighted by Gasteiger charge is -2.42. The number of carbonyl (C=O) groups is 1. The van der Waals surface area contributed by atoms with Crippen molar-refractivity contribution in [2.24, 2.45) is 0 Å². The molecule has 2 aliphatic heterocycles. The third kappa shape index (κ3) is 6.16. The highest BCUT2D eigenvalue weighted by Crippen LogP contribution is 2.44. The Morgan fingerprint density at radius 2 is 2.00 bits per heavy atom. The van der Waals surface area contributed by atoms with Gasteiger partial charge in [0.15, 0.2) is 0 Å². The van der Waals surface area contributed by atoms with Crippen LogP contribution in [0.4, 0.5) is 22.0 Å². The number of nitrogens with one attached hydrogen (secondary N) is 2. The maximum atomic E-state index is 15.8. The van der Waals surface area contributed by atoms with Gasteiger partial charge in [0, 0.05) is 54.5 Å². The maximum Gasteiger partial charge on any atom is 0.401 e. The molecule has 2 aromatic carbocycles. The van der Waals surface area contributed by atoms with Gasteiger partial charge in [0.25, 0.3) is 0 Å². The molecule has 0 spiro atoms. The van der Waals surface area contributed by atoms with E-state index in [0.717, 1.165) is 47.2 Å². The number of benzene rings is 2. The lowest BCUT2D eigenvalue weighted by molar-refractivity contribution is -0.155. The van der Waals surface area contributed by atoms with Crippen LogP contribution in [0.15, 0.2) is 54.9 Å². The molecule has 1 aromatic heterocycles. The number of halogens is 5. The number of carbonyl (C=O) groups excluding carboxylic acids is 1. The van der Waals surface area contributed by atoms with Crippen molar-refractivity contribution in [3.8, 4) is 5.75 Å². The number of aromatic nitrogens is 2. The van der Waals surface area contributed by atoms with Crippen LogP contribution in [0.5, 0.6) is 5.75 Å². The van der Waals surface area contributed by atoms with Gasteiger partial charge < -0.3 is 15.0 Å². The molecule has 1 saturated carbocycles. The minimum absolute atomic E-state index is 0.0462. The van der Waals surface area contributed by atoms with Gasteiger partial charge in [-0.25, -0.2) is 8.78 Å². The van der Waals surface area contributed by atoms with E-state index in [0.29, 0.717) is 24.2 Å². The molecule has 1 amide bonds. The first-order valence-corrected chi connectivity index (χ1v) is 14.3. The molecular weight excluding hydrogens is 569 g/mol. The zero-order valence-electron chi connectivity index (χ0n) is 23.6. The van der Waals surface area contributed by atoms with E-state index in [9.17, 15) is 18.0 Å². The number of ether oxygens (including phenoxy) is 1. The predicted molar refractivity (Wildman–Crippen MR) is 150 cm³/mol. The molecule has 0 bridgehead atoms. The molecule has 12 heteroatoms. The number of nitrogens with zero attached hydrogens (tertiary/aromatic N) is 3.